The van der Waals surface area contributed by atoms with E-state index in [1.54, 1.807) is 31.2 Å². The van der Waals surface area contributed by atoms with Gasteiger partial charge in [0.05, 0.1) is 11.3 Å². The first-order valence-corrected chi connectivity index (χ1v) is 8.99. The fraction of sp³-hybridized carbons (Fsp3) is 0.150. The SMILES string of the molecule is Cc1nc(NCc2ccc3c(c2)OCO3)ncc1C(=O)Nc1ccc(Cl)cc1. The molecule has 0 atom stereocenters. The fourth-order valence-corrected chi connectivity index (χ4v) is 2.86. The van der Waals surface area contributed by atoms with E-state index >= 15 is 0 Å². The standard InChI is InChI=1S/C20H17ClN4O3/c1-12-16(19(26)25-15-5-3-14(21)4-6-15)10-23-20(24-12)22-9-13-2-7-17-18(8-13)28-11-27-17/h2-8,10H,9,11H2,1H3,(H,25,26)(H,22,23,24). The fourth-order valence-electron chi connectivity index (χ4n) is 2.74. The summed E-state index contributed by atoms with van der Waals surface area (Å²) in [5.41, 5.74) is 2.65. The van der Waals surface area contributed by atoms with Gasteiger partial charge in [-0.3, -0.25) is 4.79 Å². The molecule has 0 saturated heterocycles. The zero-order chi connectivity index (χ0) is 19.5. The smallest absolute Gasteiger partial charge is 0.259 e. The number of hydrogen-bond donors (Lipinski definition) is 2. The van der Waals surface area contributed by atoms with E-state index in [0.717, 1.165) is 17.1 Å². The number of fused-ring (bicyclic) bond motifs is 1. The maximum atomic E-state index is 12.4. The van der Waals surface area contributed by atoms with Crippen molar-refractivity contribution in [1.82, 2.24) is 9.97 Å². The minimum atomic E-state index is -0.276. The van der Waals surface area contributed by atoms with Crippen LogP contribution in [-0.4, -0.2) is 22.7 Å². The molecule has 142 valence electrons. The van der Waals surface area contributed by atoms with Gasteiger partial charge >= 0.3 is 0 Å². The molecule has 2 heterocycles. The molecule has 0 saturated carbocycles. The Bertz CT molecular complexity index is 1020. The Morgan fingerprint density at radius 1 is 1.14 bits per heavy atom. The van der Waals surface area contributed by atoms with Gasteiger partial charge in [-0.05, 0) is 48.9 Å². The van der Waals surface area contributed by atoms with Crippen molar-refractivity contribution >= 4 is 29.1 Å². The molecule has 8 heteroatoms. The van der Waals surface area contributed by atoms with Gasteiger partial charge in [-0.25, -0.2) is 9.97 Å². The minimum Gasteiger partial charge on any atom is -0.454 e. The molecule has 4 rings (SSSR count). The van der Waals surface area contributed by atoms with Gasteiger partial charge in [-0.2, -0.15) is 0 Å². The van der Waals surface area contributed by atoms with Crippen molar-refractivity contribution in [3.05, 3.63) is 70.5 Å². The second kappa shape index (κ2) is 7.74. The van der Waals surface area contributed by atoms with E-state index in [2.05, 4.69) is 20.6 Å². The number of halogens is 1. The first-order valence-electron chi connectivity index (χ1n) is 8.61. The Hall–Kier alpha value is -3.32. The highest BCUT2D eigenvalue weighted by atomic mass is 35.5. The maximum Gasteiger partial charge on any atom is 0.259 e. The molecule has 1 aliphatic rings. The molecule has 0 bridgehead atoms. The number of nitrogens with one attached hydrogen (secondary N) is 2. The van der Waals surface area contributed by atoms with E-state index in [4.69, 9.17) is 21.1 Å². The van der Waals surface area contributed by atoms with Gasteiger partial charge in [0.15, 0.2) is 11.5 Å². The van der Waals surface area contributed by atoms with E-state index in [0.29, 0.717) is 34.5 Å². The number of rotatable bonds is 5. The second-order valence-corrected chi connectivity index (χ2v) is 6.63. The van der Waals surface area contributed by atoms with Crippen LogP contribution in [0, 0.1) is 6.92 Å². The zero-order valence-electron chi connectivity index (χ0n) is 15.0. The highest BCUT2D eigenvalue weighted by Gasteiger charge is 2.14. The molecule has 1 aliphatic heterocycles. The first kappa shape index (κ1) is 18.1. The highest BCUT2D eigenvalue weighted by molar-refractivity contribution is 6.30. The number of carbonyl (C=O) groups is 1. The summed E-state index contributed by atoms with van der Waals surface area (Å²) in [6.45, 7) is 2.53. The number of aryl methyl sites for hydroxylation is 1. The van der Waals surface area contributed by atoms with Crippen LogP contribution in [0.25, 0.3) is 0 Å². The molecule has 1 amide bonds. The lowest BCUT2D eigenvalue weighted by molar-refractivity contribution is 0.102. The van der Waals surface area contributed by atoms with Crippen molar-refractivity contribution in [3.8, 4) is 11.5 Å². The Balaban J connectivity index is 1.41. The number of benzene rings is 2. The van der Waals surface area contributed by atoms with Crippen LogP contribution in [-0.2, 0) is 6.54 Å². The molecular weight excluding hydrogens is 380 g/mol. The number of amides is 1. The monoisotopic (exact) mass is 396 g/mol. The Labute approximate surface area is 166 Å². The molecule has 0 aliphatic carbocycles. The van der Waals surface area contributed by atoms with Gasteiger partial charge < -0.3 is 20.1 Å². The van der Waals surface area contributed by atoms with Crippen LogP contribution in [0.1, 0.15) is 21.6 Å². The molecule has 0 spiro atoms. The number of hydrogen-bond acceptors (Lipinski definition) is 6. The molecule has 2 N–H and O–H groups in total. The van der Waals surface area contributed by atoms with Gasteiger partial charge in [0.1, 0.15) is 0 Å². The maximum absolute atomic E-state index is 12.4. The molecule has 2 aromatic carbocycles. The number of ether oxygens (including phenoxy) is 2. The van der Waals surface area contributed by atoms with E-state index < -0.39 is 0 Å². The van der Waals surface area contributed by atoms with Crippen LogP contribution in [0.5, 0.6) is 11.5 Å². The minimum absolute atomic E-state index is 0.244. The molecule has 0 fully saturated rings. The predicted octanol–water partition coefficient (Wildman–Crippen LogP) is 4.03. The Kier molecular flexibility index (Phi) is 4.99. The molecule has 0 unspecified atom stereocenters. The average Bonchev–Trinajstić information content (AvgIpc) is 3.16. The summed E-state index contributed by atoms with van der Waals surface area (Å²) in [5.74, 6) is 1.64. The quantitative estimate of drug-likeness (QED) is 0.677. The third kappa shape index (κ3) is 3.99. The molecule has 28 heavy (non-hydrogen) atoms. The summed E-state index contributed by atoms with van der Waals surface area (Å²) in [6.07, 6.45) is 1.51. The second-order valence-electron chi connectivity index (χ2n) is 6.19. The van der Waals surface area contributed by atoms with Gasteiger partial charge in [0, 0.05) is 23.5 Å². The van der Waals surface area contributed by atoms with Crippen molar-refractivity contribution in [2.75, 3.05) is 17.4 Å². The summed E-state index contributed by atoms with van der Waals surface area (Å²) < 4.78 is 10.7. The average molecular weight is 397 g/mol. The Morgan fingerprint density at radius 3 is 2.71 bits per heavy atom. The lowest BCUT2D eigenvalue weighted by atomic mass is 10.2. The third-order valence-corrected chi connectivity index (χ3v) is 4.47. The summed E-state index contributed by atoms with van der Waals surface area (Å²) in [4.78, 5) is 21.1. The largest absolute Gasteiger partial charge is 0.454 e. The van der Waals surface area contributed by atoms with Crippen molar-refractivity contribution < 1.29 is 14.3 Å². The Morgan fingerprint density at radius 2 is 1.93 bits per heavy atom. The van der Waals surface area contributed by atoms with Crippen molar-refractivity contribution in [2.45, 2.75) is 13.5 Å². The summed E-state index contributed by atoms with van der Waals surface area (Å²) in [6, 6.07) is 12.6. The van der Waals surface area contributed by atoms with Crippen LogP contribution < -0.4 is 20.1 Å². The normalized spacial score (nSPS) is 11.9. The number of nitrogens with zero attached hydrogens (tertiary/aromatic N) is 2. The van der Waals surface area contributed by atoms with Crippen molar-refractivity contribution in [2.24, 2.45) is 0 Å². The van der Waals surface area contributed by atoms with Gasteiger partial charge in [0.25, 0.3) is 5.91 Å². The molecule has 3 aromatic rings. The summed E-state index contributed by atoms with van der Waals surface area (Å²) in [5, 5.41) is 6.56. The van der Waals surface area contributed by atoms with E-state index in [9.17, 15) is 4.79 Å². The molecule has 7 nitrogen and oxygen atoms in total. The molecular formula is C20H17ClN4O3. The topological polar surface area (TPSA) is 85.4 Å². The van der Waals surface area contributed by atoms with Crippen molar-refractivity contribution in [3.63, 3.8) is 0 Å². The van der Waals surface area contributed by atoms with Gasteiger partial charge in [-0.15, -0.1) is 0 Å². The number of aromatic nitrogens is 2. The van der Waals surface area contributed by atoms with E-state index in [1.807, 2.05) is 18.2 Å². The molecule has 0 radical (unpaired) electrons. The van der Waals surface area contributed by atoms with Crippen LogP contribution >= 0.6 is 11.6 Å². The number of anilines is 2. The van der Waals surface area contributed by atoms with Crippen LogP contribution in [0.3, 0.4) is 0 Å². The van der Waals surface area contributed by atoms with Gasteiger partial charge in [0.2, 0.25) is 12.7 Å². The zero-order valence-corrected chi connectivity index (χ0v) is 15.8. The van der Waals surface area contributed by atoms with E-state index in [1.165, 1.54) is 6.20 Å². The molecule has 1 aromatic heterocycles. The third-order valence-electron chi connectivity index (χ3n) is 4.21. The highest BCUT2D eigenvalue weighted by Crippen LogP contribution is 2.32. The van der Waals surface area contributed by atoms with Crippen LogP contribution in [0.2, 0.25) is 5.02 Å². The first-order chi connectivity index (χ1) is 13.6. The number of carbonyl (C=O) groups excluding carboxylic acids is 1. The van der Waals surface area contributed by atoms with Crippen molar-refractivity contribution in [1.29, 1.82) is 0 Å². The lowest BCUT2D eigenvalue weighted by Gasteiger charge is -2.10. The van der Waals surface area contributed by atoms with Crippen LogP contribution in [0.15, 0.2) is 48.7 Å². The van der Waals surface area contributed by atoms with Crippen LogP contribution in [0.4, 0.5) is 11.6 Å². The summed E-state index contributed by atoms with van der Waals surface area (Å²) in [7, 11) is 0. The van der Waals surface area contributed by atoms with E-state index in [-0.39, 0.29) is 12.7 Å². The van der Waals surface area contributed by atoms with Gasteiger partial charge in [-0.1, -0.05) is 17.7 Å². The summed E-state index contributed by atoms with van der Waals surface area (Å²) >= 11 is 5.86. The lowest BCUT2D eigenvalue weighted by Crippen LogP contribution is -2.15. The predicted molar refractivity (Wildman–Crippen MR) is 106 cm³/mol.